The molecule has 0 fully saturated rings. The van der Waals surface area contributed by atoms with Gasteiger partial charge in [-0.2, -0.15) is 5.06 Å². The van der Waals surface area contributed by atoms with Crippen molar-refractivity contribution in [3.05, 3.63) is 24.3 Å². The van der Waals surface area contributed by atoms with Crippen molar-refractivity contribution < 1.29 is 9.63 Å². The van der Waals surface area contributed by atoms with Crippen LogP contribution in [0.5, 0.6) is 0 Å². The van der Waals surface area contributed by atoms with Gasteiger partial charge in [0.15, 0.2) is 0 Å². The van der Waals surface area contributed by atoms with Gasteiger partial charge in [-0.15, -0.1) is 0 Å². The van der Waals surface area contributed by atoms with E-state index in [0.29, 0.717) is 5.69 Å². The number of nitrogens with two attached hydrogens (primary N) is 1. The molecule has 0 heterocycles. The van der Waals surface area contributed by atoms with Crippen molar-refractivity contribution in [3.63, 3.8) is 0 Å². The molecule has 0 saturated heterocycles. The second-order valence-electron chi connectivity index (χ2n) is 3.51. The summed E-state index contributed by atoms with van der Waals surface area (Å²) < 4.78 is 0. The minimum atomic E-state index is -0.0471. The lowest BCUT2D eigenvalue weighted by atomic mass is 10.2. The first-order valence-corrected chi connectivity index (χ1v) is 4.92. The van der Waals surface area contributed by atoms with E-state index in [0.717, 1.165) is 5.69 Å². The van der Waals surface area contributed by atoms with Gasteiger partial charge in [0.05, 0.1) is 7.11 Å². The quantitative estimate of drug-likeness (QED) is 0.603. The molecule has 0 aliphatic rings. The molecule has 0 aliphatic heterocycles. The zero-order valence-corrected chi connectivity index (χ0v) is 9.80. The van der Waals surface area contributed by atoms with Crippen LogP contribution in [0.3, 0.4) is 0 Å². The molecule has 0 saturated carbocycles. The second-order valence-corrected chi connectivity index (χ2v) is 3.51. The molecule has 0 radical (unpaired) electrons. The summed E-state index contributed by atoms with van der Waals surface area (Å²) in [6.45, 7) is 0.206. The molecule has 1 aromatic carbocycles. The molecule has 0 unspecified atom stereocenters. The minimum absolute atomic E-state index is 0.0471. The van der Waals surface area contributed by atoms with Gasteiger partial charge in [0.2, 0.25) is 5.91 Å². The molecule has 2 N–H and O–H groups in total. The summed E-state index contributed by atoms with van der Waals surface area (Å²) in [6.07, 6.45) is 0. The zero-order valence-electron chi connectivity index (χ0n) is 9.80. The Labute approximate surface area is 95.3 Å². The highest BCUT2D eigenvalue weighted by atomic mass is 16.7. The number of benzene rings is 1. The normalized spacial score (nSPS) is 10.5. The van der Waals surface area contributed by atoms with Gasteiger partial charge in [0.25, 0.3) is 0 Å². The molecule has 0 atom stereocenters. The summed E-state index contributed by atoms with van der Waals surface area (Å²) in [7, 11) is 4.95. The van der Waals surface area contributed by atoms with Gasteiger partial charge in [-0.1, -0.05) is 0 Å². The SMILES string of the molecule is CON(C)CC(=O)N(C)c1ccc(N)cc1. The summed E-state index contributed by atoms with van der Waals surface area (Å²) >= 11 is 0. The van der Waals surface area contributed by atoms with Crippen molar-refractivity contribution >= 4 is 17.3 Å². The van der Waals surface area contributed by atoms with Gasteiger partial charge in [0, 0.05) is 25.5 Å². The third-order valence-electron chi connectivity index (χ3n) is 2.32. The summed E-state index contributed by atoms with van der Waals surface area (Å²) in [5.41, 5.74) is 7.06. The smallest absolute Gasteiger partial charge is 0.243 e. The number of carbonyl (C=O) groups excluding carboxylic acids is 1. The molecule has 1 rings (SSSR count). The van der Waals surface area contributed by atoms with Crippen LogP contribution in [0.25, 0.3) is 0 Å². The first-order valence-electron chi connectivity index (χ1n) is 4.92. The van der Waals surface area contributed by atoms with Crippen molar-refractivity contribution in [2.24, 2.45) is 0 Å². The molecule has 0 bridgehead atoms. The maximum absolute atomic E-state index is 11.8. The Kier molecular flexibility index (Phi) is 4.28. The molecule has 5 nitrogen and oxygen atoms in total. The average molecular weight is 223 g/mol. The Hall–Kier alpha value is -1.59. The highest BCUT2D eigenvalue weighted by molar-refractivity contribution is 5.94. The number of nitrogen functional groups attached to an aromatic ring is 1. The van der Waals surface area contributed by atoms with Crippen LogP contribution >= 0.6 is 0 Å². The Bertz CT molecular complexity index is 351. The summed E-state index contributed by atoms with van der Waals surface area (Å²) in [6, 6.07) is 7.14. The molecule has 0 aliphatic carbocycles. The topological polar surface area (TPSA) is 58.8 Å². The zero-order chi connectivity index (χ0) is 12.1. The van der Waals surface area contributed by atoms with Gasteiger partial charge in [-0.25, -0.2) is 0 Å². The number of hydroxylamine groups is 2. The molecule has 16 heavy (non-hydrogen) atoms. The predicted octanol–water partition coefficient (Wildman–Crippen LogP) is 0.725. The van der Waals surface area contributed by atoms with Crippen molar-refractivity contribution in [2.45, 2.75) is 0 Å². The number of hydrogen-bond donors (Lipinski definition) is 1. The Morgan fingerprint density at radius 3 is 2.38 bits per heavy atom. The van der Waals surface area contributed by atoms with Crippen LogP contribution in [0.1, 0.15) is 0 Å². The van der Waals surface area contributed by atoms with Gasteiger partial charge in [0.1, 0.15) is 6.54 Å². The molecular weight excluding hydrogens is 206 g/mol. The van der Waals surface area contributed by atoms with Gasteiger partial charge in [-0.05, 0) is 24.3 Å². The maximum atomic E-state index is 11.8. The molecular formula is C11H17N3O2. The largest absolute Gasteiger partial charge is 0.399 e. The summed E-state index contributed by atoms with van der Waals surface area (Å²) in [4.78, 5) is 18.2. The number of rotatable bonds is 4. The third-order valence-corrected chi connectivity index (χ3v) is 2.32. The number of amides is 1. The molecule has 88 valence electrons. The van der Waals surface area contributed by atoms with Gasteiger partial charge >= 0.3 is 0 Å². The molecule has 0 aromatic heterocycles. The maximum Gasteiger partial charge on any atom is 0.243 e. The van der Waals surface area contributed by atoms with E-state index in [2.05, 4.69) is 0 Å². The standard InChI is InChI=1S/C11H17N3O2/c1-13(16-3)8-11(15)14(2)10-6-4-9(12)5-7-10/h4-7H,8,12H2,1-3H3. The van der Waals surface area contributed by atoms with Crippen LogP contribution in [-0.2, 0) is 9.63 Å². The van der Waals surface area contributed by atoms with Gasteiger partial charge in [-0.3, -0.25) is 4.79 Å². The van der Waals surface area contributed by atoms with E-state index in [9.17, 15) is 4.79 Å². The minimum Gasteiger partial charge on any atom is -0.399 e. The van der Waals surface area contributed by atoms with Crippen LogP contribution in [0.15, 0.2) is 24.3 Å². The fourth-order valence-corrected chi connectivity index (χ4v) is 1.20. The van der Waals surface area contributed by atoms with E-state index in [1.165, 1.54) is 12.2 Å². The fourth-order valence-electron chi connectivity index (χ4n) is 1.20. The van der Waals surface area contributed by atoms with Crippen molar-refractivity contribution in [3.8, 4) is 0 Å². The van der Waals surface area contributed by atoms with E-state index in [1.807, 2.05) is 0 Å². The summed E-state index contributed by atoms with van der Waals surface area (Å²) in [5.74, 6) is -0.0471. The van der Waals surface area contributed by atoms with Crippen molar-refractivity contribution in [2.75, 3.05) is 38.4 Å². The number of hydrogen-bond acceptors (Lipinski definition) is 4. The third kappa shape index (κ3) is 3.22. The average Bonchev–Trinajstić information content (AvgIpc) is 2.28. The lowest BCUT2D eigenvalue weighted by Crippen LogP contribution is -2.36. The van der Waals surface area contributed by atoms with E-state index in [-0.39, 0.29) is 12.5 Å². The first kappa shape index (κ1) is 12.5. The van der Waals surface area contributed by atoms with Crippen molar-refractivity contribution in [1.82, 2.24) is 5.06 Å². The Morgan fingerprint density at radius 1 is 1.31 bits per heavy atom. The second kappa shape index (κ2) is 5.48. The van der Waals surface area contributed by atoms with Gasteiger partial charge < -0.3 is 15.5 Å². The van der Waals surface area contributed by atoms with E-state index in [4.69, 9.17) is 10.6 Å². The molecule has 1 amide bonds. The number of anilines is 2. The monoisotopic (exact) mass is 223 g/mol. The molecule has 5 heteroatoms. The van der Waals surface area contributed by atoms with Crippen LogP contribution in [0, 0.1) is 0 Å². The van der Waals surface area contributed by atoms with E-state index < -0.39 is 0 Å². The lowest BCUT2D eigenvalue weighted by molar-refractivity contribution is -0.139. The van der Waals surface area contributed by atoms with Crippen LogP contribution in [0.2, 0.25) is 0 Å². The lowest BCUT2D eigenvalue weighted by Gasteiger charge is -2.20. The first-order chi connectivity index (χ1) is 7.54. The van der Waals surface area contributed by atoms with Crippen LogP contribution in [0.4, 0.5) is 11.4 Å². The highest BCUT2D eigenvalue weighted by Gasteiger charge is 2.12. The van der Waals surface area contributed by atoms with Crippen molar-refractivity contribution in [1.29, 1.82) is 0 Å². The fraction of sp³-hybridized carbons (Fsp3) is 0.364. The van der Waals surface area contributed by atoms with Crippen LogP contribution in [-0.4, -0.2) is 38.7 Å². The number of likely N-dealkylation sites (N-methyl/N-ethyl adjacent to an activating group) is 2. The Balaban J connectivity index is 2.66. The van der Waals surface area contributed by atoms with E-state index in [1.54, 1.807) is 43.3 Å². The van der Waals surface area contributed by atoms with Crippen LogP contribution < -0.4 is 10.6 Å². The number of nitrogens with zero attached hydrogens (tertiary/aromatic N) is 2. The molecule has 1 aromatic rings. The number of carbonyl (C=O) groups is 1. The highest BCUT2D eigenvalue weighted by Crippen LogP contribution is 2.14. The Morgan fingerprint density at radius 2 is 1.88 bits per heavy atom. The van der Waals surface area contributed by atoms with E-state index >= 15 is 0 Å². The summed E-state index contributed by atoms with van der Waals surface area (Å²) in [5, 5.41) is 1.47. The predicted molar refractivity (Wildman–Crippen MR) is 63.9 cm³/mol. The molecule has 0 spiro atoms.